The highest BCUT2D eigenvalue weighted by molar-refractivity contribution is 5.98. The van der Waals surface area contributed by atoms with Crippen LogP contribution in [-0.2, 0) is 14.3 Å². The third-order valence-corrected chi connectivity index (χ3v) is 2.46. The Labute approximate surface area is 93.2 Å². The monoisotopic (exact) mass is 220 g/mol. The van der Waals surface area contributed by atoms with E-state index in [0.717, 1.165) is 0 Å². The minimum Gasteiger partial charge on any atom is -0.455 e. The molecule has 0 bridgehead atoms. The van der Waals surface area contributed by atoms with Gasteiger partial charge in [0.2, 0.25) is 6.29 Å². The van der Waals surface area contributed by atoms with Crippen LogP contribution in [0.1, 0.15) is 13.3 Å². The summed E-state index contributed by atoms with van der Waals surface area (Å²) in [5.41, 5.74) is 0. The van der Waals surface area contributed by atoms with E-state index in [4.69, 9.17) is 9.47 Å². The van der Waals surface area contributed by atoms with Gasteiger partial charge in [-0.2, -0.15) is 0 Å². The van der Waals surface area contributed by atoms with Crippen molar-refractivity contribution in [3.05, 3.63) is 30.3 Å². The van der Waals surface area contributed by atoms with Crippen molar-refractivity contribution in [1.82, 2.24) is 0 Å². The molecule has 2 atom stereocenters. The van der Waals surface area contributed by atoms with Crippen molar-refractivity contribution in [2.45, 2.75) is 19.6 Å². The fourth-order valence-corrected chi connectivity index (χ4v) is 1.60. The van der Waals surface area contributed by atoms with Crippen molar-refractivity contribution < 1.29 is 19.1 Å². The molecule has 1 aliphatic heterocycles. The lowest BCUT2D eigenvalue weighted by molar-refractivity contribution is -0.153. The number of cyclic esters (lactones) is 1. The summed E-state index contributed by atoms with van der Waals surface area (Å²) in [6.07, 6.45) is -0.355. The van der Waals surface area contributed by atoms with Crippen LogP contribution < -0.4 is 4.74 Å². The number of esters is 1. The van der Waals surface area contributed by atoms with Crippen LogP contribution in [0.3, 0.4) is 0 Å². The van der Waals surface area contributed by atoms with Crippen molar-refractivity contribution in [3.8, 4) is 5.75 Å². The smallest absolute Gasteiger partial charge is 0.319 e. The predicted octanol–water partition coefficient (Wildman–Crippen LogP) is 1.54. The summed E-state index contributed by atoms with van der Waals surface area (Å²) >= 11 is 0. The molecule has 16 heavy (non-hydrogen) atoms. The lowest BCUT2D eigenvalue weighted by Crippen LogP contribution is -2.15. The van der Waals surface area contributed by atoms with E-state index in [-0.39, 0.29) is 5.78 Å². The molecule has 0 N–H and O–H groups in total. The zero-order chi connectivity index (χ0) is 11.5. The van der Waals surface area contributed by atoms with Gasteiger partial charge in [-0.1, -0.05) is 18.2 Å². The minimum atomic E-state index is -0.672. The van der Waals surface area contributed by atoms with Crippen molar-refractivity contribution >= 4 is 11.8 Å². The molecule has 2 rings (SSSR count). The molecule has 0 aromatic heterocycles. The van der Waals surface area contributed by atoms with Gasteiger partial charge in [-0.15, -0.1) is 0 Å². The number of Topliss-reactive ketones (excluding diaryl/α,β-unsaturated/α-hetero) is 1. The van der Waals surface area contributed by atoms with Crippen LogP contribution >= 0.6 is 0 Å². The van der Waals surface area contributed by atoms with Crippen molar-refractivity contribution in [3.63, 3.8) is 0 Å². The van der Waals surface area contributed by atoms with Gasteiger partial charge in [-0.05, 0) is 19.1 Å². The van der Waals surface area contributed by atoms with Crippen molar-refractivity contribution in [1.29, 1.82) is 0 Å². The topological polar surface area (TPSA) is 52.6 Å². The highest BCUT2D eigenvalue weighted by Gasteiger charge is 2.38. The molecular formula is C12H12O4. The molecule has 1 fully saturated rings. The first-order valence-corrected chi connectivity index (χ1v) is 5.09. The van der Waals surface area contributed by atoms with Crippen LogP contribution in [0.5, 0.6) is 5.75 Å². The van der Waals surface area contributed by atoms with Gasteiger partial charge >= 0.3 is 5.97 Å². The van der Waals surface area contributed by atoms with Gasteiger partial charge in [0.1, 0.15) is 17.5 Å². The average molecular weight is 220 g/mol. The number of ketones is 1. The quantitative estimate of drug-likeness (QED) is 0.572. The zero-order valence-corrected chi connectivity index (χ0v) is 8.88. The van der Waals surface area contributed by atoms with Crippen molar-refractivity contribution in [2.24, 2.45) is 5.92 Å². The molecule has 0 amide bonds. The molecule has 1 aliphatic rings. The molecule has 0 saturated carbocycles. The molecule has 4 heteroatoms. The van der Waals surface area contributed by atoms with E-state index >= 15 is 0 Å². The lowest BCUT2D eigenvalue weighted by Gasteiger charge is -2.11. The number of carbonyl (C=O) groups is 2. The second-order valence-electron chi connectivity index (χ2n) is 3.70. The zero-order valence-electron chi connectivity index (χ0n) is 8.88. The van der Waals surface area contributed by atoms with E-state index < -0.39 is 18.2 Å². The Morgan fingerprint density at radius 1 is 1.38 bits per heavy atom. The number of hydrogen-bond acceptors (Lipinski definition) is 4. The largest absolute Gasteiger partial charge is 0.455 e. The van der Waals surface area contributed by atoms with E-state index in [9.17, 15) is 9.59 Å². The minimum absolute atomic E-state index is 0.177. The van der Waals surface area contributed by atoms with Crippen LogP contribution in [0.15, 0.2) is 30.3 Å². The Morgan fingerprint density at radius 2 is 2.06 bits per heavy atom. The van der Waals surface area contributed by atoms with Crippen LogP contribution in [-0.4, -0.2) is 18.0 Å². The summed E-state index contributed by atoms with van der Waals surface area (Å²) in [6, 6.07) is 9.07. The van der Waals surface area contributed by atoms with E-state index in [0.29, 0.717) is 12.2 Å². The first-order valence-electron chi connectivity index (χ1n) is 5.09. The van der Waals surface area contributed by atoms with E-state index in [1.54, 1.807) is 12.1 Å². The predicted molar refractivity (Wildman–Crippen MR) is 55.7 cm³/mol. The van der Waals surface area contributed by atoms with Gasteiger partial charge in [-0.25, -0.2) is 0 Å². The standard InChI is InChI=1S/C12H12O4/c1-8(13)10-7-11(16-12(10)14)15-9-5-3-2-4-6-9/h2-6,10-11H,7H2,1H3. The normalized spacial score (nSPS) is 23.9. The number of ether oxygens (including phenoxy) is 2. The Bertz CT molecular complexity index is 399. The SMILES string of the molecule is CC(=O)C1CC(Oc2ccccc2)OC1=O. The Balaban J connectivity index is 1.99. The maximum atomic E-state index is 11.3. The highest BCUT2D eigenvalue weighted by atomic mass is 16.7. The van der Waals surface area contributed by atoms with Gasteiger partial charge in [0.15, 0.2) is 0 Å². The molecule has 2 unspecified atom stereocenters. The molecule has 0 radical (unpaired) electrons. The molecule has 1 aromatic rings. The molecule has 1 heterocycles. The van der Waals surface area contributed by atoms with Gasteiger partial charge in [0.25, 0.3) is 0 Å². The third-order valence-electron chi connectivity index (χ3n) is 2.46. The first kappa shape index (κ1) is 10.7. The number of benzene rings is 1. The Morgan fingerprint density at radius 3 is 2.62 bits per heavy atom. The number of carbonyl (C=O) groups excluding carboxylic acids is 2. The number of rotatable bonds is 3. The van der Waals surface area contributed by atoms with Gasteiger partial charge in [-0.3, -0.25) is 9.59 Å². The summed E-state index contributed by atoms with van der Waals surface area (Å²) in [5, 5.41) is 0. The van der Waals surface area contributed by atoms with Crippen LogP contribution in [0.4, 0.5) is 0 Å². The second-order valence-corrected chi connectivity index (χ2v) is 3.70. The van der Waals surface area contributed by atoms with Crippen LogP contribution in [0.2, 0.25) is 0 Å². The first-order chi connectivity index (χ1) is 7.66. The van der Waals surface area contributed by atoms with E-state index in [2.05, 4.69) is 0 Å². The highest BCUT2D eigenvalue weighted by Crippen LogP contribution is 2.24. The van der Waals surface area contributed by atoms with Gasteiger partial charge in [0, 0.05) is 6.42 Å². The average Bonchev–Trinajstić information content (AvgIpc) is 2.61. The molecule has 0 spiro atoms. The van der Waals surface area contributed by atoms with Crippen molar-refractivity contribution in [2.75, 3.05) is 0 Å². The van der Waals surface area contributed by atoms with E-state index in [1.165, 1.54) is 6.92 Å². The molecule has 1 saturated heterocycles. The van der Waals surface area contributed by atoms with Crippen LogP contribution in [0.25, 0.3) is 0 Å². The maximum absolute atomic E-state index is 11.3. The summed E-state index contributed by atoms with van der Waals surface area (Å²) in [4.78, 5) is 22.4. The van der Waals surface area contributed by atoms with Crippen LogP contribution in [0, 0.1) is 5.92 Å². The summed E-state index contributed by atoms with van der Waals surface area (Å²) in [5.74, 6) is -0.712. The van der Waals surface area contributed by atoms with Gasteiger partial charge in [0.05, 0.1) is 0 Å². The molecule has 1 aromatic carbocycles. The molecule has 84 valence electrons. The second kappa shape index (κ2) is 4.35. The number of hydrogen-bond donors (Lipinski definition) is 0. The summed E-state index contributed by atoms with van der Waals surface area (Å²) < 4.78 is 10.4. The number of para-hydroxylation sites is 1. The Kier molecular flexibility index (Phi) is 2.90. The molecular weight excluding hydrogens is 208 g/mol. The lowest BCUT2D eigenvalue weighted by atomic mass is 10.0. The maximum Gasteiger partial charge on any atom is 0.319 e. The van der Waals surface area contributed by atoms with Gasteiger partial charge < -0.3 is 9.47 Å². The fraction of sp³-hybridized carbons (Fsp3) is 0.333. The summed E-state index contributed by atoms with van der Waals surface area (Å²) in [7, 11) is 0. The fourth-order valence-electron chi connectivity index (χ4n) is 1.60. The van der Waals surface area contributed by atoms with E-state index in [1.807, 2.05) is 18.2 Å². The molecule has 4 nitrogen and oxygen atoms in total. The Hall–Kier alpha value is -1.84. The molecule has 0 aliphatic carbocycles. The third kappa shape index (κ3) is 2.21. The summed E-state index contributed by atoms with van der Waals surface area (Å²) in [6.45, 7) is 1.39.